The third-order valence-electron chi connectivity index (χ3n) is 5.30. The van der Waals surface area contributed by atoms with E-state index in [-0.39, 0.29) is 11.8 Å². The Kier molecular flexibility index (Phi) is 4.07. The molecule has 2 aliphatic heterocycles. The second kappa shape index (κ2) is 6.62. The average Bonchev–Trinajstić information content (AvgIpc) is 2.72. The maximum atomic E-state index is 13.2. The summed E-state index contributed by atoms with van der Waals surface area (Å²) < 4.78 is 5.45. The third-order valence-corrected chi connectivity index (χ3v) is 5.54. The smallest absolute Gasteiger partial charge is 0.265 e. The van der Waals surface area contributed by atoms with Gasteiger partial charge in [0.25, 0.3) is 11.8 Å². The highest BCUT2D eigenvalue weighted by atomic mass is 35.5. The van der Waals surface area contributed by atoms with Crippen LogP contribution in [0, 0.1) is 0 Å². The molecule has 0 radical (unpaired) electrons. The summed E-state index contributed by atoms with van der Waals surface area (Å²) in [5.41, 5.74) is 2.56. The van der Waals surface area contributed by atoms with Gasteiger partial charge in [-0.2, -0.15) is 0 Å². The van der Waals surface area contributed by atoms with Crippen LogP contribution in [0.4, 0.5) is 11.4 Å². The Morgan fingerprint density at radius 3 is 2.32 bits per heavy atom. The van der Waals surface area contributed by atoms with E-state index in [4.69, 9.17) is 16.3 Å². The van der Waals surface area contributed by atoms with E-state index in [9.17, 15) is 9.59 Å². The number of amides is 2. The topological polar surface area (TPSA) is 49.9 Å². The van der Waals surface area contributed by atoms with Crippen molar-refractivity contribution in [1.29, 1.82) is 0 Å². The summed E-state index contributed by atoms with van der Waals surface area (Å²) in [6.45, 7) is 2.91. The van der Waals surface area contributed by atoms with Gasteiger partial charge in [-0.3, -0.25) is 9.59 Å². The van der Waals surface area contributed by atoms with Gasteiger partial charge < -0.3 is 9.64 Å². The molecule has 2 amide bonds. The number of carbonyl (C=O) groups is 2. The molecule has 1 fully saturated rings. The molecule has 5 rings (SSSR count). The first-order chi connectivity index (χ1) is 13.6. The minimum Gasteiger partial charge on any atom is -0.378 e. The highest BCUT2D eigenvalue weighted by Gasteiger charge is 2.35. The van der Waals surface area contributed by atoms with Gasteiger partial charge in [-0.05, 0) is 36.4 Å². The number of imide groups is 1. The molecule has 6 heteroatoms. The number of morpholine rings is 1. The van der Waals surface area contributed by atoms with E-state index < -0.39 is 0 Å². The molecular weight excluding hydrogens is 376 g/mol. The van der Waals surface area contributed by atoms with Gasteiger partial charge >= 0.3 is 0 Å². The first-order valence-corrected chi connectivity index (χ1v) is 9.56. The Morgan fingerprint density at radius 1 is 0.857 bits per heavy atom. The zero-order chi connectivity index (χ0) is 19.3. The van der Waals surface area contributed by atoms with E-state index in [1.807, 2.05) is 24.3 Å². The lowest BCUT2D eigenvalue weighted by Gasteiger charge is -2.32. The molecule has 0 bridgehead atoms. The van der Waals surface area contributed by atoms with E-state index in [0.29, 0.717) is 35.1 Å². The van der Waals surface area contributed by atoms with Gasteiger partial charge in [-0.25, -0.2) is 4.90 Å². The summed E-state index contributed by atoms with van der Waals surface area (Å²) in [5.74, 6) is -0.658. The Bertz CT molecular complexity index is 1100. The molecule has 5 nitrogen and oxygen atoms in total. The fourth-order valence-corrected chi connectivity index (χ4v) is 4.20. The normalized spacial score (nSPS) is 16.8. The maximum Gasteiger partial charge on any atom is 0.265 e. The van der Waals surface area contributed by atoms with Crippen LogP contribution in [0.15, 0.2) is 54.6 Å². The third kappa shape index (κ3) is 2.58. The van der Waals surface area contributed by atoms with Crippen LogP contribution in [-0.2, 0) is 4.74 Å². The zero-order valence-corrected chi connectivity index (χ0v) is 15.8. The van der Waals surface area contributed by atoms with Crippen LogP contribution >= 0.6 is 11.6 Å². The molecule has 2 heterocycles. The predicted octanol–water partition coefficient (Wildman–Crippen LogP) is 4.13. The van der Waals surface area contributed by atoms with Crippen molar-refractivity contribution in [2.75, 3.05) is 36.1 Å². The second-order valence-corrected chi connectivity index (χ2v) is 7.32. The molecule has 1 saturated heterocycles. The Balaban J connectivity index is 1.69. The Hall–Kier alpha value is -2.89. The van der Waals surface area contributed by atoms with Crippen molar-refractivity contribution in [2.45, 2.75) is 0 Å². The summed E-state index contributed by atoms with van der Waals surface area (Å²) in [4.78, 5) is 29.9. The van der Waals surface area contributed by atoms with Gasteiger partial charge in [0.15, 0.2) is 0 Å². The number of anilines is 2. The van der Waals surface area contributed by atoms with Crippen molar-refractivity contribution >= 4 is 45.6 Å². The highest BCUT2D eigenvalue weighted by Crippen LogP contribution is 2.38. The maximum absolute atomic E-state index is 13.2. The van der Waals surface area contributed by atoms with Crippen molar-refractivity contribution in [2.24, 2.45) is 0 Å². The Morgan fingerprint density at radius 2 is 1.57 bits per heavy atom. The van der Waals surface area contributed by atoms with Crippen LogP contribution in [0.25, 0.3) is 10.8 Å². The van der Waals surface area contributed by atoms with Crippen LogP contribution < -0.4 is 9.80 Å². The number of halogens is 1. The average molecular weight is 393 g/mol. The number of nitrogens with zero attached hydrogens (tertiary/aromatic N) is 2. The molecular formula is C22H17ClN2O3. The summed E-state index contributed by atoms with van der Waals surface area (Å²) in [6.07, 6.45) is 0. The Labute approximate surface area is 167 Å². The van der Waals surface area contributed by atoms with E-state index in [1.165, 1.54) is 4.90 Å². The minimum atomic E-state index is -0.329. The van der Waals surface area contributed by atoms with E-state index >= 15 is 0 Å². The van der Waals surface area contributed by atoms with Crippen LogP contribution in [0.3, 0.4) is 0 Å². The van der Waals surface area contributed by atoms with Gasteiger partial charge in [0.2, 0.25) is 0 Å². The molecule has 2 aliphatic rings. The van der Waals surface area contributed by atoms with Gasteiger partial charge in [-0.1, -0.05) is 29.8 Å². The summed E-state index contributed by atoms with van der Waals surface area (Å²) in [7, 11) is 0. The quantitative estimate of drug-likeness (QED) is 0.615. The summed E-state index contributed by atoms with van der Waals surface area (Å²) >= 11 is 6.08. The lowest BCUT2D eigenvalue weighted by Crippen LogP contribution is -2.41. The van der Waals surface area contributed by atoms with Crippen LogP contribution in [0.2, 0.25) is 5.02 Å². The number of ether oxygens (including phenoxy) is 1. The fourth-order valence-electron chi connectivity index (χ4n) is 4.01. The molecule has 0 N–H and O–H groups in total. The minimum absolute atomic E-state index is 0.329. The molecule has 3 aromatic carbocycles. The molecule has 0 saturated carbocycles. The largest absolute Gasteiger partial charge is 0.378 e. The fraction of sp³-hybridized carbons (Fsp3) is 0.182. The number of hydrogen-bond acceptors (Lipinski definition) is 4. The molecule has 0 spiro atoms. The number of carbonyl (C=O) groups excluding carboxylic acids is 2. The van der Waals surface area contributed by atoms with E-state index in [2.05, 4.69) is 4.90 Å². The number of benzene rings is 3. The molecule has 3 aromatic rings. The molecule has 28 heavy (non-hydrogen) atoms. The first kappa shape index (κ1) is 17.2. The van der Waals surface area contributed by atoms with Gasteiger partial charge in [0.1, 0.15) is 0 Å². The lowest BCUT2D eigenvalue weighted by atomic mass is 9.92. The molecule has 0 unspecified atom stereocenters. The van der Waals surface area contributed by atoms with Gasteiger partial charge in [0, 0.05) is 45.7 Å². The van der Waals surface area contributed by atoms with E-state index in [0.717, 1.165) is 29.5 Å². The van der Waals surface area contributed by atoms with Crippen LogP contribution in [0.1, 0.15) is 20.7 Å². The van der Waals surface area contributed by atoms with E-state index in [1.54, 1.807) is 30.3 Å². The molecule has 0 aliphatic carbocycles. The lowest BCUT2D eigenvalue weighted by molar-refractivity contribution is 0.0893. The van der Waals surface area contributed by atoms with Crippen molar-refractivity contribution in [3.05, 3.63) is 70.7 Å². The van der Waals surface area contributed by atoms with Gasteiger partial charge in [-0.15, -0.1) is 0 Å². The van der Waals surface area contributed by atoms with Crippen molar-refractivity contribution in [3.63, 3.8) is 0 Å². The van der Waals surface area contributed by atoms with Gasteiger partial charge in [0.05, 0.1) is 18.9 Å². The SMILES string of the molecule is O=C1c2cccc3c(N4CCOCC4)ccc(c23)C(=O)N1c1cccc(Cl)c1. The number of hydrogen-bond donors (Lipinski definition) is 0. The number of rotatable bonds is 2. The van der Waals surface area contributed by atoms with Crippen LogP contribution in [0.5, 0.6) is 0 Å². The predicted molar refractivity (Wildman–Crippen MR) is 110 cm³/mol. The summed E-state index contributed by atoms with van der Waals surface area (Å²) in [6, 6.07) is 16.2. The van der Waals surface area contributed by atoms with Crippen LogP contribution in [-0.4, -0.2) is 38.1 Å². The molecule has 0 atom stereocenters. The van der Waals surface area contributed by atoms with Crippen molar-refractivity contribution in [3.8, 4) is 0 Å². The monoisotopic (exact) mass is 392 g/mol. The first-order valence-electron chi connectivity index (χ1n) is 9.18. The van der Waals surface area contributed by atoms with Crippen molar-refractivity contribution in [1.82, 2.24) is 0 Å². The standard InChI is InChI=1S/C22H17ClN2O3/c23-14-3-1-4-15(13-14)25-21(26)17-6-2-5-16-19(24-9-11-28-12-10-24)8-7-18(20(16)17)22(25)27/h1-8,13H,9-12H2. The zero-order valence-electron chi connectivity index (χ0n) is 15.0. The van der Waals surface area contributed by atoms with Crippen molar-refractivity contribution < 1.29 is 14.3 Å². The summed E-state index contributed by atoms with van der Waals surface area (Å²) in [5, 5.41) is 2.12. The highest BCUT2D eigenvalue weighted by molar-refractivity contribution is 6.37. The second-order valence-electron chi connectivity index (χ2n) is 6.89. The molecule has 140 valence electrons. The molecule has 0 aromatic heterocycles.